The van der Waals surface area contributed by atoms with Crippen LogP contribution < -0.4 is 15.5 Å². The van der Waals surface area contributed by atoms with Crippen LogP contribution in [0.3, 0.4) is 0 Å². The molecule has 0 radical (unpaired) electrons. The van der Waals surface area contributed by atoms with Crippen molar-refractivity contribution >= 4 is 29.7 Å². The molecule has 5 rings (SSSR count). The number of aliphatic imine (C=N–C) groups is 1. The largest absolute Gasteiger partial charge is 0.416 e. The number of nitrogens with zero attached hydrogens (tertiary/aromatic N) is 4. The van der Waals surface area contributed by atoms with Crippen LogP contribution in [0.1, 0.15) is 27.0 Å². The Kier molecular flexibility index (Phi) is 8.04. The number of amides is 1. The number of rotatable bonds is 7. The van der Waals surface area contributed by atoms with E-state index in [9.17, 15) is 18.0 Å². The predicted molar refractivity (Wildman–Crippen MR) is 151 cm³/mol. The average Bonchev–Trinajstić information content (AvgIpc) is 3.33. The van der Waals surface area contributed by atoms with Gasteiger partial charge in [0, 0.05) is 87.0 Å². The number of allylic oxidation sites excluding steroid dienone is 1. The van der Waals surface area contributed by atoms with Crippen molar-refractivity contribution in [2.75, 3.05) is 56.5 Å². The van der Waals surface area contributed by atoms with E-state index >= 15 is 0 Å². The zero-order valence-electron chi connectivity index (χ0n) is 22.3. The van der Waals surface area contributed by atoms with Gasteiger partial charge in [0.25, 0.3) is 5.91 Å². The number of piperazine rings is 1. The maximum Gasteiger partial charge on any atom is 0.416 e. The fraction of sp³-hybridized carbons (Fsp3) is 0.345. The van der Waals surface area contributed by atoms with Crippen molar-refractivity contribution < 1.29 is 18.0 Å². The van der Waals surface area contributed by atoms with Gasteiger partial charge in [0.2, 0.25) is 0 Å². The third-order valence-electron chi connectivity index (χ3n) is 7.39. The molecule has 8 nitrogen and oxygen atoms in total. The number of fused-ring (bicyclic) bond motifs is 1. The highest BCUT2D eigenvalue weighted by Crippen LogP contribution is 2.35. The number of carbonyl (C=O) groups is 1. The molecule has 3 aliphatic heterocycles. The van der Waals surface area contributed by atoms with Gasteiger partial charge in [-0.1, -0.05) is 12.1 Å². The lowest BCUT2D eigenvalue weighted by molar-refractivity contribution is -0.138. The normalized spacial score (nSPS) is 18.9. The Morgan fingerprint density at radius 2 is 1.90 bits per heavy atom. The first-order valence-corrected chi connectivity index (χ1v) is 13.2. The maximum atomic E-state index is 14.0. The first-order valence-electron chi connectivity index (χ1n) is 13.2. The summed E-state index contributed by atoms with van der Waals surface area (Å²) in [5.74, 6) is 0.122. The van der Waals surface area contributed by atoms with Crippen molar-refractivity contribution in [2.45, 2.75) is 19.1 Å². The minimum absolute atomic E-state index is 0.111. The zero-order valence-corrected chi connectivity index (χ0v) is 22.3. The van der Waals surface area contributed by atoms with Crippen molar-refractivity contribution in [2.24, 2.45) is 4.99 Å². The number of hydrogen-bond acceptors (Lipinski definition) is 7. The third kappa shape index (κ3) is 6.43. The molecule has 0 spiro atoms. The van der Waals surface area contributed by atoms with Crippen LogP contribution in [-0.2, 0) is 19.1 Å². The molecule has 2 aromatic rings. The molecule has 0 atom stereocenters. The van der Waals surface area contributed by atoms with E-state index < -0.39 is 17.6 Å². The molecule has 11 heteroatoms. The third-order valence-corrected chi connectivity index (χ3v) is 7.39. The number of carbonyl (C=O) groups excluding carboxylic acids is 1. The zero-order chi connectivity index (χ0) is 28.3. The molecule has 3 N–H and O–H groups in total. The number of likely N-dealkylation sites (N-methyl/N-ethyl adjacent to an activating group) is 1. The number of alkyl halides is 3. The summed E-state index contributed by atoms with van der Waals surface area (Å²) in [6.07, 6.45) is 2.60. The van der Waals surface area contributed by atoms with Crippen LogP contribution in [0.4, 0.5) is 24.5 Å². The molecular formula is C29H32F3N7O. The minimum atomic E-state index is -4.53. The SMILES string of the molecule is CN1CCN(Cc2ccc(NC(=O)c3ccc4c(c3)N(CC3=CN/C(=C\C=N)N=C3)CC4)cc2C(F)(F)F)CC1. The second kappa shape index (κ2) is 11.6. The number of anilines is 2. The lowest BCUT2D eigenvalue weighted by Crippen LogP contribution is -2.44. The first-order chi connectivity index (χ1) is 19.2. The van der Waals surface area contributed by atoms with Crippen LogP contribution >= 0.6 is 0 Å². The standard InChI is InChI=1S/C29H32F3N7O/c1-37-10-12-38(13-11-37)19-23-4-5-24(15-25(23)29(30,31)32)36-28(40)22-3-2-21-7-9-39(26(21)14-22)18-20-16-34-27(6-8-33)35-17-20/h2-6,8,14-17,33-34H,7,9-13,18-19H2,1H3,(H,36,40)/b27-6+,33-8?. The Hall–Kier alpha value is -3.96. The van der Waals surface area contributed by atoms with Gasteiger partial charge in [-0.2, -0.15) is 13.2 Å². The van der Waals surface area contributed by atoms with Gasteiger partial charge in [0.1, 0.15) is 5.82 Å². The quantitative estimate of drug-likeness (QED) is 0.451. The molecule has 1 amide bonds. The van der Waals surface area contributed by atoms with Gasteiger partial charge < -0.3 is 25.8 Å². The number of halogens is 3. The second-order valence-electron chi connectivity index (χ2n) is 10.3. The van der Waals surface area contributed by atoms with Crippen molar-refractivity contribution in [3.8, 4) is 0 Å². The van der Waals surface area contributed by atoms with Gasteiger partial charge >= 0.3 is 6.18 Å². The van der Waals surface area contributed by atoms with E-state index in [2.05, 4.69) is 25.4 Å². The summed E-state index contributed by atoms with van der Waals surface area (Å²) in [4.78, 5) is 23.7. The monoisotopic (exact) mass is 551 g/mol. The Bertz CT molecular complexity index is 1370. The Labute approximate surface area is 231 Å². The summed E-state index contributed by atoms with van der Waals surface area (Å²) in [7, 11) is 2.00. The number of nitrogens with one attached hydrogen (secondary N) is 3. The Balaban J connectivity index is 1.29. The lowest BCUT2D eigenvalue weighted by Gasteiger charge is -2.33. The molecule has 1 saturated heterocycles. The first kappa shape index (κ1) is 27.6. The molecule has 3 aliphatic rings. The topological polar surface area (TPSA) is 87.1 Å². The van der Waals surface area contributed by atoms with Crippen molar-refractivity contribution in [1.29, 1.82) is 5.41 Å². The van der Waals surface area contributed by atoms with E-state index in [1.165, 1.54) is 6.07 Å². The van der Waals surface area contributed by atoms with E-state index in [1.807, 2.05) is 24.2 Å². The molecule has 2 aromatic carbocycles. The van der Waals surface area contributed by atoms with Gasteiger partial charge in [0.05, 0.1) is 5.56 Å². The molecule has 1 fully saturated rings. The van der Waals surface area contributed by atoms with Crippen LogP contribution in [-0.4, -0.2) is 74.5 Å². The molecule has 0 unspecified atom stereocenters. The molecule has 3 heterocycles. The van der Waals surface area contributed by atoms with E-state index in [4.69, 9.17) is 5.41 Å². The summed E-state index contributed by atoms with van der Waals surface area (Å²) < 4.78 is 41.9. The highest BCUT2D eigenvalue weighted by molar-refractivity contribution is 6.05. The molecule has 0 saturated carbocycles. The van der Waals surface area contributed by atoms with Crippen molar-refractivity contribution in [3.05, 3.63) is 82.3 Å². The van der Waals surface area contributed by atoms with Crippen LogP contribution in [0, 0.1) is 5.41 Å². The van der Waals surface area contributed by atoms with Gasteiger partial charge in [-0.25, -0.2) is 4.99 Å². The molecule has 210 valence electrons. The molecule has 0 aromatic heterocycles. The minimum Gasteiger partial charge on any atom is -0.367 e. The number of benzene rings is 2. The van der Waals surface area contributed by atoms with Gasteiger partial charge in [0.15, 0.2) is 0 Å². The lowest BCUT2D eigenvalue weighted by atomic mass is 10.0. The fourth-order valence-electron chi connectivity index (χ4n) is 5.13. The smallest absolute Gasteiger partial charge is 0.367 e. The summed E-state index contributed by atoms with van der Waals surface area (Å²) >= 11 is 0. The van der Waals surface area contributed by atoms with Crippen LogP contribution in [0.25, 0.3) is 0 Å². The fourth-order valence-corrected chi connectivity index (χ4v) is 5.13. The molecule has 0 bridgehead atoms. The summed E-state index contributed by atoms with van der Waals surface area (Å²) in [5, 5.41) is 12.9. The van der Waals surface area contributed by atoms with Crippen LogP contribution in [0.15, 0.2) is 65.1 Å². The van der Waals surface area contributed by atoms with E-state index in [0.717, 1.165) is 55.2 Å². The highest BCUT2D eigenvalue weighted by atomic mass is 19.4. The number of hydrogen-bond donors (Lipinski definition) is 3. The van der Waals surface area contributed by atoms with Gasteiger partial charge in [-0.3, -0.25) is 9.69 Å². The molecular weight excluding hydrogens is 519 g/mol. The maximum absolute atomic E-state index is 14.0. The predicted octanol–water partition coefficient (Wildman–Crippen LogP) is 4.12. The van der Waals surface area contributed by atoms with Gasteiger partial charge in [-0.05, 0) is 54.9 Å². The van der Waals surface area contributed by atoms with Gasteiger partial charge in [-0.15, -0.1) is 0 Å². The highest BCUT2D eigenvalue weighted by Gasteiger charge is 2.34. The summed E-state index contributed by atoms with van der Waals surface area (Å²) in [6.45, 7) is 4.64. The van der Waals surface area contributed by atoms with Crippen molar-refractivity contribution in [3.63, 3.8) is 0 Å². The Morgan fingerprint density at radius 1 is 1.10 bits per heavy atom. The summed E-state index contributed by atoms with van der Waals surface area (Å²) in [5.41, 5.74) is 2.94. The average molecular weight is 552 g/mol. The van der Waals surface area contributed by atoms with Crippen LogP contribution in [0.5, 0.6) is 0 Å². The second-order valence-corrected chi connectivity index (χ2v) is 10.3. The van der Waals surface area contributed by atoms with Crippen molar-refractivity contribution in [1.82, 2.24) is 15.1 Å². The molecule has 0 aliphatic carbocycles. The Morgan fingerprint density at radius 3 is 2.60 bits per heavy atom. The molecule has 40 heavy (non-hydrogen) atoms. The van der Waals surface area contributed by atoms with E-state index in [0.29, 0.717) is 31.0 Å². The van der Waals surface area contributed by atoms with Crippen LogP contribution in [0.2, 0.25) is 0 Å². The van der Waals surface area contributed by atoms with E-state index in [1.54, 1.807) is 30.5 Å². The van der Waals surface area contributed by atoms with E-state index in [-0.39, 0.29) is 17.8 Å². The summed E-state index contributed by atoms with van der Waals surface area (Å²) in [6, 6.07) is 9.45.